The SMILES string of the molecule is Cc1nc(-c2cccs2)sc1C(=O)N1CCc2ccc([N+](=O)[O-])cc21. The third-order valence-corrected chi connectivity index (χ3v) is 6.33. The number of hydrogen-bond acceptors (Lipinski definition) is 6. The van der Waals surface area contributed by atoms with Gasteiger partial charge in [-0.2, -0.15) is 0 Å². The van der Waals surface area contributed by atoms with E-state index in [1.54, 1.807) is 22.3 Å². The van der Waals surface area contributed by atoms with E-state index in [9.17, 15) is 14.9 Å². The summed E-state index contributed by atoms with van der Waals surface area (Å²) in [7, 11) is 0. The highest BCUT2D eigenvalue weighted by Crippen LogP contribution is 2.36. The van der Waals surface area contributed by atoms with Crippen LogP contribution in [0.2, 0.25) is 0 Å². The molecule has 1 aliphatic rings. The molecule has 0 saturated carbocycles. The lowest BCUT2D eigenvalue weighted by Gasteiger charge is -2.16. The van der Waals surface area contributed by atoms with Gasteiger partial charge >= 0.3 is 0 Å². The molecule has 0 saturated heterocycles. The van der Waals surface area contributed by atoms with Crippen LogP contribution in [0.5, 0.6) is 0 Å². The molecule has 0 radical (unpaired) electrons. The van der Waals surface area contributed by atoms with Gasteiger partial charge in [-0.05, 0) is 30.4 Å². The van der Waals surface area contributed by atoms with Gasteiger partial charge in [0.25, 0.3) is 11.6 Å². The molecule has 0 spiro atoms. The number of aryl methyl sites for hydroxylation is 1. The van der Waals surface area contributed by atoms with Gasteiger partial charge in [0.05, 0.1) is 21.2 Å². The number of thiazole rings is 1. The minimum absolute atomic E-state index is 0.00116. The normalized spacial score (nSPS) is 13.1. The standard InChI is InChI=1S/C17H13N3O3S2/c1-10-15(25-16(18-10)14-3-2-8-24-14)17(21)19-7-6-11-4-5-12(20(22)23)9-13(11)19/h2-5,8-9H,6-7H2,1H3. The number of nitro groups is 1. The molecule has 6 nitrogen and oxygen atoms in total. The highest BCUT2D eigenvalue weighted by atomic mass is 32.1. The lowest BCUT2D eigenvalue weighted by Crippen LogP contribution is -2.28. The molecular formula is C17H13N3O3S2. The van der Waals surface area contributed by atoms with Gasteiger partial charge in [-0.15, -0.1) is 22.7 Å². The zero-order chi connectivity index (χ0) is 17.6. The number of carbonyl (C=O) groups excluding carboxylic acids is 1. The summed E-state index contributed by atoms with van der Waals surface area (Å²) in [6.45, 7) is 2.35. The predicted octanol–water partition coefficient (Wildman–Crippen LogP) is 4.29. The Labute approximate surface area is 151 Å². The van der Waals surface area contributed by atoms with Gasteiger partial charge in [0, 0.05) is 18.7 Å². The number of carbonyl (C=O) groups is 1. The van der Waals surface area contributed by atoms with E-state index in [2.05, 4.69) is 4.98 Å². The first-order valence-electron chi connectivity index (χ1n) is 7.65. The third kappa shape index (κ3) is 2.73. The van der Waals surface area contributed by atoms with Crippen LogP contribution in [0.3, 0.4) is 0 Å². The number of anilines is 1. The Balaban J connectivity index is 1.70. The van der Waals surface area contributed by atoms with Crippen LogP contribution in [0.15, 0.2) is 35.7 Å². The van der Waals surface area contributed by atoms with Crippen LogP contribution in [0.1, 0.15) is 20.9 Å². The van der Waals surface area contributed by atoms with Gasteiger partial charge in [0.2, 0.25) is 0 Å². The summed E-state index contributed by atoms with van der Waals surface area (Å²) in [5, 5.41) is 13.8. The van der Waals surface area contributed by atoms with Crippen LogP contribution in [-0.2, 0) is 6.42 Å². The van der Waals surface area contributed by atoms with Crippen molar-refractivity contribution in [2.45, 2.75) is 13.3 Å². The van der Waals surface area contributed by atoms with Gasteiger partial charge in [-0.3, -0.25) is 14.9 Å². The van der Waals surface area contributed by atoms with Gasteiger partial charge in [0.15, 0.2) is 0 Å². The lowest BCUT2D eigenvalue weighted by atomic mass is 10.1. The van der Waals surface area contributed by atoms with Crippen molar-refractivity contribution in [3.63, 3.8) is 0 Å². The average Bonchev–Trinajstić information content (AvgIpc) is 3.32. The molecule has 0 bridgehead atoms. The summed E-state index contributed by atoms with van der Waals surface area (Å²) >= 11 is 2.96. The molecule has 8 heteroatoms. The molecule has 126 valence electrons. The maximum absolute atomic E-state index is 13.0. The fourth-order valence-corrected chi connectivity index (χ4v) is 4.73. The lowest BCUT2D eigenvalue weighted by molar-refractivity contribution is -0.384. The van der Waals surface area contributed by atoms with Gasteiger partial charge in [0.1, 0.15) is 9.88 Å². The molecule has 4 rings (SSSR count). The number of aromatic nitrogens is 1. The first kappa shape index (κ1) is 15.9. The van der Waals surface area contributed by atoms with E-state index in [0.717, 1.165) is 15.4 Å². The Kier molecular flexibility index (Phi) is 3.85. The summed E-state index contributed by atoms with van der Waals surface area (Å²) < 4.78 is 0. The van der Waals surface area contributed by atoms with Gasteiger partial charge in [-0.1, -0.05) is 12.1 Å². The first-order valence-corrected chi connectivity index (χ1v) is 9.34. The summed E-state index contributed by atoms with van der Waals surface area (Å²) in [5.74, 6) is -0.142. The average molecular weight is 371 g/mol. The van der Waals surface area contributed by atoms with E-state index in [-0.39, 0.29) is 11.6 Å². The minimum Gasteiger partial charge on any atom is -0.307 e. The monoisotopic (exact) mass is 371 g/mol. The second kappa shape index (κ2) is 6.05. The number of fused-ring (bicyclic) bond motifs is 1. The summed E-state index contributed by atoms with van der Waals surface area (Å²) in [4.78, 5) is 31.4. The molecule has 0 fully saturated rings. The van der Waals surface area contributed by atoms with Crippen molar-refractivity contribution >= 4 is 40.0 Å². The zero-order valence-electron chi connectivity index (χ0n) is 13.3. The Morgan fingerprint density at radius 2 is 2.20 bits per heavy atom. The molecule has 25 heavy (non-hydrogen) atoms. The van der Waals surface area contributed by atoms with Crippen molar-refractivity contribution in [3.8, 4) is 9.88 Å². The Morgan fingerprint density at radius 3 is 2.92 bits per heavy atom. The Hall–Kier alpha value is -2.58. The molecule has 0 atom stereocenters. The highest BCUT2D eigenvalue weighted by Gasteiger charge is 2.30. The maximum Gasteiger partial charge on any atom is 0.271 e. The maximum atomic E-state index is 13.0. The number of rotatable bonds is 3. The van der Waals surface area contributed by atoms with Gasteiger partial charge in [-0.25, -0.2) is 4.98 Å². The minimum atomic E-state index is -0.436. The van der Waals surface area contributed by atoms with Crippen LogP contribution in [0.25, 0.3) is 9.88 Å². The van der Waals surface area contributed by atoms with E-state index >= 15 is 0 Å². The molecule has 1 amide bonds. The zero-order valence-corrected chi connectivity index (χ0v) is 14.9. The van der Waals surface area contributed by atoms with Crippen LogP contribution >= 0.6 is 22.7 Å². The second-order valence-corrected chi connectivity index (χ2v) is 7.63. The second-order valence-electron chi connectivity index (χ2n) is 5.69. The van der Waals surface area contributed by atoms with E-state index < -0.39 is 4.92 Å². The van der Waals surface area contributed by atoms with Crippen molar-refractivity contribution in [2.24, 2.45) is 0 Å². The molecule has 2 aromatic heterocycles. The van der Waals surface area contributed by atoms with E-state index in [1.807, 2.05) is 24.4 Å². The number of nitro benzene ring substituents is 1. The predicted molar refractivity (Wildman–Crippen MR) is 98.6 cm³/mol. The number of non-ortho nitro benzene ring substituents is 1. The molecule has 0 unspecified atom stereocenters. The van der Waals surface area contributed by atoms with Crippen molar-refractivity contribution in [2.75, 3.05) is 11.4 Å². The summed E-state index contributed by atoms with van der Waals surface area (Å²) in [6.07, 6.45) is 0.703. The smallest absolute Gasteiger partial charge is 0.271 e. The fourth-order valence-electron chi connectivity index (χ4n) is 2.92. The highest BCUT2D eigenvalue weighted by molar-refractivity contribution is 7.22. The fraction of sp³-hybridized carbons (Fsp3) is 0.176. The summed E-state index contributed by atoms with van der Waals surface area (Å²) in [5.41, 5.74) is 2.28. The van der Waals surface area contributed by atoms with E-state index in [1.165, 1.54) is 23.5 Å². The molecular weight excluding hydrogens is 358 g/mol. The van der Waals surface area contributed by atoms with Crippen LogP contribution < -0.4 is 4.90 Å². The van der Waals surface area contributed by atoms with Crippen molar-refractivity contribution in [1.29, 1.82) is 0 Å². The molecule has 1 aromatic carbocycles. The molecule has 3 aromatic rings. The van der Waals surface area contributed by atoms with Crippen molar-refractivity contribution in [1.82, 2.24) is 4.98 Å². The largest absolute Gasteiger partial charge is 0.307 e. The van der Waals surface area contributed by atoms with Gasteiger partial charge < -0.3 is 4.90 Å². The van der Waals surface area contributed by atoms with E-state index in [0.29, 0.717) is 29.2 Å². The number of nitrogens with zero attached hydrogens (tertiary/aromatic N) is 3. The molecule has 1 aliphatic heterocycles. The van der Waals surface area contributed by atoms with Crippen LogP contribution in [0, 0.1) is 17.0 Å². The first-order chi connectivity index (χ1) is 12.0. The third-order valence-electron chi connectivity index (χ3n) is 4.14. The summed E-state index contributed by atoms with van der Waals surface area (Å²) in [6, 6.07) is 8.63. The number of amides is 1. The van der Waals surface area contributed by atoms with Crippen LogP contribution in [-0.4, -0.2) is 22.4 Å². The van der Waals surface area contributed by atoms with E-state index in [4.69, 9.17) is 0 Å². The van der Waals surface area contributed by atoms with Crippen molar-refractivity contribution in [3.05, 3.63) is 62.0 Å². The number of thiophene rings is 1. The van der Waals surface area contributed by atoms with Crippen LogP contribution in [0.4, 0.5) is 11.4 Å². The Morgan fingerprint density at radius 1 is 1.36 bits per heavy atom. The molecule has 3 heterocycles. The molecule has 0 aliphatic carbocycles. The quantitative estimate of drug-likeness (QED) is 0.508. The number of hydrogen-bond donors (Lipinski definition) is 0. The Bertz CT molecular complexity index is 979. The number of benzene rings is 1. The van der Waals surface area contributed by atoms with Crippen molar-refractivity contribution < 1.29 is 9.72 Å². The topological polar surface area (TPSA) is 76.3 Å². The molecule has 0 N–H and O–H groups in total.